The molecule has 2 aromatic rings. The second kappa shape index (κ2) is 7.04. The third-order valence-corrected chi connectivity index (χ3v) is 3.07. The van der Waals surface area contributed by atoms with Gasteiger partial charge in [-0.25, -0.2) is 4.98 Å². The quantitative estimate of drug-likeness (QED) is 0.856. The molecule has 0 unspecified atom stereocenters. The van der Waals surface area contributed by atoms with Gasteiger partial charge in [0.2, 0.25) is 5.95 Å². The average Bonchev–Trinajstić information content (AvgIpc) is 2.46. The van der Waals surface area contributed by atoms with Crippen LogP contribution in [0.3, 0.4) is 0 Å². The van der Waals surface area contributed by atoms with Crippen molar-refractivity contribution in [1.82, 2.24) is 15.0 Å². The molecule has 0 aliphatic carbocycles. The summed E-state index contributed by atoms with van der Waals surface area (Å²) in [6, 6.07) is 3.94. The molecule has 0 aliphatic rings. The fourth-order valence-electron chi connectivity index (χ4n) is 1.50. The second-order valence-corrected chi connectivity index (χ2v) is 4.88. The summed E-state index contributed by atoms with van der Waals surface area (Å²) in [4.78, 5) is 12.6. The molecule has 0 fully saturated rings. The topological polar surface area (TPSA) is 62.7 Å². The molecule has 0 amide bonds. The summed E-state index contributed by atoms with van der Waals surface area (Å²) in [6.07, 6.45) is 6.35. The Kier molecular flexibility index (Phi) is 5.09. The summed E-state index contributed by atoms with van der Waals surface area (Å²) in [5, 5.41) is 6.45. The lowest BCUT2D eigenvalue weighted by molar-refractivity contribution is 0.948. The van der Waals surface area contributed by atoms with Gasteiger partial charge in [-0.2, -0.15) is 4.98 Å². The first-order valence-electron chi connectivity index (χ1n) is 6.18. The van der Waals surface area contributed by atoms with E-state index in [2.05, 4.69) is 48.4 Å². The molecule has 2 N–H and O–H groups in total. The Morgan fingerprint density at radius 3 is 2.74 bits per heavy atom. The van der Waals surface area contributed by atoms with Crippen LogP contribution in [-0.2, 0) is 6.54 Å². The van der Waals surface area contributed by atoms with Crippen LogP contribution in [0.5, 0.6) is 0 Å². The number of nitrogens with zero attached hydrogens (tertiary/aromatic N) is 3. The van der Waals surface area contributed by atoms with E-state index in [1.54, 1.807) is 18.6 Å². The highest BCUT2D eigenvalue weighted by atomic mass is 79.9. The Balaban J connectivity index is 2.02. The van der Waals surface area contributed by atoms with Crippen LogP contribution in [0.1, 0.15) is 18.9 Å². The van der Waals surface area contributed by atoms with Gasteiger partial charge in [0.25, 0.3) is 0 Å². The summed E-state index contributed by atoms with van der Waals surface area (Å²) in [5.74, 6) is 1.42. The molecule has 5 nitrogen and oxygen atoms in total. The number of hydrogen-bond acceptors (Lipinski definition) is 5. The molecule has 2 heterocycles. The molecular weight excluding hydrogens is 306 g/mol. The van der Waals surface area contributed by atoms with Gasteiger partial charge in [0.1, 0.15) is 5.82 Å². The van der Waals surface area contributed by atoms with Crippen LogP contribution in [0, 0.1) is 0 Å². The number of halogens is 1. The summed E-state index contributed by atoms with van der Waals surface area (Å²) < 4.78 is 0.851. The van der Waals surface area contributed by atoms with E-state index in [0.29, 0.717) is 12.5 Å². The third kappa shape index (κ3) is 4.17. The first-order valence-corrected chi connectivity index (χ1v) is 6.98. The van der Waals surface area contributed by atoms with E-state index in [1.807, 2.05) is 12.1 Å². The number of anilines is 2. The monoisotopic (exact) mass is 321 g/mol. The van der Waals surface area contributed by atoms with Crippen molar-refractivity contribution in [2.45, 2.75) is 19.9 Å². The maximum absolute atomic E-state index is 4.43. The average molecular weight is 322 g/mol. The molecule has 0 radical (unpaired) electrons. The van der Waals surface area contributed by atoms with Crippen LogP contribution in [-0.4, -0.2) is 21.5 Å². The van der Waals surface area contributed by atoms with E-state index in [-0.39, 0.29) is 0 Å². The van der Waals surface area contributed by atoms with Crippen molar-refractivity contribution in [2.24, 2.45) is 0 Å². The molecular formula is C13H16BrN5. The van der Waals surface area contributed by atoms with Crippen LogP contribution in [0.25, 0.3) is 0 Å². The lowest BCUT2D eigenvalue weighted by atomic mass is 10.3. The predicted molar refractivity (Wildman–Crippen MR) is 80.1 cm³/mol. The fourth-order valence-corrected chi connectivity index (χ4v) is 1.83. The van der Waals surface area contributed by atoms with E-state index >= 15 is 0 Å². The highest BCUT2D eigenvalue weighted by Gasteiger charge is 2.04. The summed E-state index contributed by atoms with van der Waals surface area (Å²) in [7, 11) is 0. The fraction of sp³-hybridized carbons (Fsp3) is 0.308. The maximum atomic E-state index is 4.43. The Bertz CT molecular complexity index is 518. The Morgan fingerprint density at radius 1 is 1.21 bits per heavy atom. The van der Waals surface area contributed by atoms with Crippen molar-refractivity contribution in [3.8, 4) is 0 Å². The van der Waals surface area contributed by atoms with Crippen LogP contribution in [0.4, 0.5) is 11.8 Å². The minimum absolute atomic E-state index is 0.641. The minimum atomic E-state index is 0.641. The van der Waals surface area contributed by atoms with Gasteiger partial charge in [0.05, 0.1) is 4.47 Å². The molecule has 0 aromatic carbocycles. The van der Waals surface area contributed by atoms with Gasteiger partial charge in [-0.15, -0.1) is 0 Å². The molecule has 0 aliphatic heterocycles. The normalized spacial score (nSPS) is 10.2. The number of hydrogen-bond donors (Lipinski definition) is 2. The lowest BCUT2D eigenvalue weighted by Gasteiger charge is -2.09. The number of nitrogens with one attached hydrogen (secondary N) is 2. The van der Waals surface area contributed by atoms with Crippen molar-refractivity contribution in [1.29, 1.82) is 0 Å². The molecule has 0 saturated heterocycles. The maximum Gasteiger partial charge on any atom is 0.224 e. The standard InChI is InChI=1S/C13H16BrN5/c1-2-5-16-13-18-9-11(14)12(19-13)17-8-10-3-6-15-7-4-10/h3-4,6-7,9H,2,5,8H2,1H3,(H2,16,17,18,19). The molecule has 6 heteroatoms. The second-order valence-electron chi connectivity index (χ2n) is 4.03. The Hall–Kier alpha value is -1.69. The first-order chi connectivity index (χ1) is 9.29. The predicted octanol–water partition coefficient (Wildman–Crippen LogP) is 3.07. The number of aromatic nitrogens is 3. The van der Waals surface area contributed by atoms with Crippen LogP contribution in [0.15, 0.2) is 35.2 Å². The highest BCUT2D eigenvalue weighted by Crippen LogP contribution is 2.20. The van der Waals surface area contributed by atoms with E-state index in [4.69, 9.17) is 0 Å². The van der Waals surface area contributed by atoms with Gasteiger partial charge in [-0.05, 0) is 40.0 Å². The molecule has 2 rings (SSSR count). The first kappa shape index (κ1) is 13.7. The van der Waals surface area contributed by atoms with Crippen molar-refractivity contribution >= 4 is 27.7 Å². The zero-order valence-electron chi connectivity index (χ0n) is 10.7. The molecule has 19 heavy (non-hydrogen) atoms. The Morgan fingerprint density at radius 2 is 2.00 bits per heavy atom. The molecule has 2 aromatic heterocycles. The number of pyridine rings is 1. The van der Waals surface area contributed by atoms with E-state index in [1.165, 1.54) is 0 Å². The molecule has 0 spiro atoms. The largest absolute Gasteiger partial charge is 0.365 e. The molecule has 100 valence electrons. The lowest BCUT2D eigenvalue weighted by Crippen LogP contribution is -2.08. The smallest absolute Gasteiger partial charge is 0.224 e. The van der Waals surface area contributed by atoms with Crippen LogP contribution < -0.4 is 10.6 Å². The van der Waals surface area contributed by atoms with Gasteiger partial charge >= 0.3 is 0 Å². The summed E-state index contributed by atoms with van der Waals surface area (Å²) in [5.41, 5.74) is 1.16. The van der Waals surface area contributed by atoms with Gasteiger partial charge in [-0.3, -0.25) is 4.98 Å². The number of rotatable bonds is 6. The van der Waals surface area contributed by atoms with Gasteiger partial charge < -0.3 is 10.6 Å². The van der Waals surface area contributed by atoms with E-state index in [0.717, 1.165) is 28.8 Å². The highest BCUT2D eigenvalue weighted by molar-refractivity contribution is 9.10. The summed E-state index contributed by atoms with van der Waals surface area (Å²) >= 11 is 3.44. The van der Waals surface area contributed by atoms with Crippen molar-refractivity contribution < 1.29 is 0 Å². The van der Waals surface area contributed by atoms with Crippen LogP contribution >= 0.6 is 15.9 Å². The van der Waals surface area contributed by atoms with E-state index < -0.39 is 0 Å². The third-order valence-electron chi connectivity index (χ3n) is 2.49. The van der Waals surface area contributed by atoms with E-state index in [9.17, 15) is 0 Å². The van der Waals surface area contributed by atoms with Crippen molar-refractivity contribution in [3.05, 3.63) is 40.8 Å². The van der Waals surface area contributed by atoms with Crippen molar-refractivity contribution in [2.75, 3.05) is 17.2 Å². The van der Waals surface area contributed by atoms with Gasteiger partial charge in [0, 0.05) is 31.7 Å². The van der Waals surface area contributed by atoms with Gasteiger partial charge in [0.15, 0.2) is 0 Å². The van der Waals surface area contributed by atoms with Gasteiger partial charge in [-0.1, -0.05) is 6.92 Å². The Labute approximate surface area is 121 Å². The SMILES string of the molecule is CCCNc1ncc(Br)c(NCc2ccncc2)n1. The molecule has 0 bridgehead atoms. The minimum Gasteiger partial charge on any atom is -0.365 e. The molecule has 0 saturated carbocycles. The molecule has 0 atom stereocenters. The summed E-state index contributed by atoms with van der Waals surface area (Å²) in [6.45, 7) is 3.67. The van der Waals surface area contributed by atoms with Crippen LogP contribution in [0.2, 0.25) is 0 Å². The zero-order valence-corrected chi connectivity index (χ0v) is 12.3. The van der Waals surface area contributed by atoms with Crippen molar-refractivity contribution in [3.63, 3.8) is 0 Å². The zero-order chi connectivity index (χ0) is 13.5.